The van der Waals surface area contributed by atoms with Crippen LogP contribution in [0.3, 0.4) is 0 Å². The maximum atomic E-state index is 12.6. The Morgan fingerprint density at radius 2 is 1.86 bits per heavy atom. The van der Waals surface area contributed by atoms with Crippen molar-refractivity contribution in [2.75, 3.05) is 6.61 Å². The lowest BCUT2D eigenvalue weighted by Crippen LogP contribution is -2.42. The molecule has 1 amide bonds. The second-order valence-corrected chi connectivity index (χ2v) is 16.5. The second kappa shape index (κ2) is 9.77. The number of nitrogens with zero attached hydrogens (tertiary/aromatic N) is 2. The molecule has 0 bridgehead atoms. The fourth-order valence-corrected chi connectivity index (χ4v) is 4.68. The number of nitrogens with one attached hydrogen (secondary N) is 2. The van der Waals surface area contributed by atoms with Crippen LogP contribution in [0.5, 0.6) is 0 Å². The van der Waals surface area contributed by atoms with E-state index in [1.54, 1.807) is 0 Å². The van der Waals surface area contributed by atoms with Gasteiger partial charge >= 0.3 is 6.09 Å². The Morgan fingerprint density at radius 1 is 1.17 bits per heavy atom. The van der Waals surface area contributed by atoms with Crippen molar-refractivity contribution in [2.45, 2.75) is 91.6 Å². The molecular weight excluding hydrogens is 460 g/mol. The number of rotatable bonds is 7. The van der Waals surface area contributed by atoms with Crippen LogP contribution in [0.1, 0.15) is 71.3 Å². The van der Waals surface area contributed by atoms with E-state index in [1.807, 2.05) is 52.8 Å². The van der Waals surface area contributed by atoms with Gasteiger partial charge in [0.25, 0.3) is 0 Å². The summed E-state index contributed by atoms with van der Waals surface area (Å²) in [7, 11) is -1.92. The molecule has 0 aliphatic heterocycles. The maximum Gasteiger partial charge on any atom is 0.408 e. The van der Waals surface area contributed by atoms with E-state index in [9.17, 15) is 4.79 Å². The van der Waals surface area contributed by atoms with Crippen molar-refractivity contribution in [2.24, 2.45) is 0 Å². The highest BCUT2D eigenvalue weighted by molar-refractivity contribution is 6.74. The molecule has 2 aromatic heterocycles. The minimum atomic E-state index is -1.92. The summed E-state index contributed by atoms with van der Waals surface area (Å²) in [6.45, 7) is 21.0. The summed E-state index contributed by atoms with van der Waals surface area (Å²) >= 11 is 0. The molecule has 3 rings (SSSR count). The highest BCUT2D eigenvalue weighted by atomic mass is 28.4. The van der Waals surface area contributed by atoms with Gasteiger partial charge in [0.05, 0.1) is 22.8 Å². The Bertz CT molecular complexity index is 1160. The van der Waals surface area contributed by atoms with Gasteiger partial charge < -0.3 is 24.0 Å². The molecule has 0 saturated heterocycles. The van der Waals surface area contributed by atoms with E-state index in [1.165, 1.54) is 0 Å². The number of carbonyl (C=O) groups excluding carboxylic acids is 1. The van der Waals surface area contributed by atoms with Gasteiger partial charge in [0.1, 0.15) is 17.2 Å². The van der Waals surface area contributed by atoms with Crippen LogP contribution < -0.4 is 5.32 Å². The molecule has 0 unspecified atom stereocenters. The fourth-order valence-electron chi connectivity index (χ4n) is 3.62. The van der Waals surface area contributed by atoms with Gasteiger partial charge in [-0.2, -0.15) is 0 Å². The standard InChI is InChI=1S/C26H40N4O4Si/c1-16-22(17(2)34-30-16)18-11-12-19-21(15-18)28-23(27-19)20(29-24(31)33-25(3,4)5)13-14-32-35(9,10)26(6,7)8/h11-12,15,20H,13-14H2,1-10H3,(H,27,28)(H,29,31)/t20-/m0/s1. The number of aryl methyl sites for hydroxylation is 2. The Hall–Kier alpha value is -2.65. The predicted molar refractivity (Wildman–Crippen MR) is 141 cm³/mol. The number of amides is 1. The maximum absolute atomic E-state index is 12.6. The lowest BCUT2D eigenvalue weighted by Gasteiger charge is -2.36. The van der Waals surface area contributed by atoms with Crippen LogP contribution in [-0.4, -0.2) is 41.7 Å². The number of alkyl carbamates (subject to hydrolysis) is 1. The molecule has 0 aliphatic carbocycles. The summed E-state index contributed by atoms with van der Waals surface area (Å²) in [5.41, 5.74) is 3.92. The highest BCUT2D eigenvalue weighted by Crippen LogP contribution is 2.37. The molecule has 0 radical (unpaired) electrons. The Morgan fingerprint density at radius 3 is 2.43 bits per heavy atom. The molecule has 9 heteroatoms. The van der Waals surface area contributed by atoms with Crippen molar-refractivity contribution in [1.82, 2.24) is 20.4 Å². The van der Waals surface area contributed by atoms with Gasteiger partial charge in [0.15, 0.2) is 8.32 Å². The van der Waals surface area contributed by atoms with Gasteiger partial charge in [-0.15, -0.1) is 0 Å². The number of aromatic amines is 1. The largest absolute Gasteiger partial charge is 0.444 e. The number of aromatic nitrogens is 3. The first-order valence-electron chi connectivity index (χ1n) is 12.1. The van der Waals surface area contributed by atoms with E-state index >= 15 is 0 Å². The molecule has 0 spiro atoms. The summed E-state index contributed by atoms with van der Waals surface area (Å²) < 4.78 is 17.2. The summed E-state index contributed by atoms with van der Waals surface area (Å²) in [4.78, 5) is 20.8. The predicted octanol–water partition coefficient (Wildman–Crippen LogP) is 6.81. The van der Waals surface area contributed by atoms with Crippen LogP contribution in [0.4, 0.5) is 4.79 Å². The summed E-state index contributed by atoms with van der Waals surface area (Å²) in [6, 6.07) is 5.63. The van der Waals surface area contributed by atoms with E-state index in [4.69, 9.17) is 18.7 Å². The van der Waals surface area contributed by atoms with Gasteiger partial charge in [-0.1, -0.05) is 32.0 Å². The fraction of sp³-hybridized carbons (Fsp3) is 0.577. The average molecular weight is 501 g/mol. The SMILES string of the molecule is Cc1noc(C)c1-c1ccc2nc([C@H](CCO[Si](C)(C)C(C)(C)C)NC(=O)OC(C)(C)C)[nH]c2c1. The van der Waals surface area contributed by atoms with Crippen LogP contribution in [0.25, 0.3) is 22.2 Å². The van der Waals surface area contributed by atoms with Crippen molar-refractivity contribution >= 4 is 25.4 Å². The van der Waals surface area contributed by atoms with Crippen LogP contribution in [0.2, 0.25) is 18.1 Å². The van der Waals surface area contributed by atoms with Gasteiger partial charge in [-0.25, -0.2) is 9.78 Å². The first-order chi connectivity index (χ1) is 16.1. The lowest BCUT2D eigenvalue weighted by molar-refractivity contribution is 0.0494. The summed E-state index contributed by atoms with van der Waals surface area (Å²) in [5, 5.41) is 7.16. The van der Waals surface area contributed by atoms with Crippen molar-refractivity contribution in [3.05, 3.63) is 35.5 Å². The second-order valence-electron chi connectivity index (χ2n) is 11.6. The Balaban J connectivity index is 1.87. The monoisotopic (exact) mass is 500 g/mol. The zero-order chi connectivity index (χ0) is 26.2. The number of benzene rings is 1. The molecule has 192 valence electrons. The van der Waals surface area contributed by atoms with Crippen LogP contribution in [0, 0.1) is 13.8 Å². The molecule has 35 heavy (non-hydrogen) atoms. The molecule has 3 aromatic rings. The van der Waals surface area contributed by atoms with Crippen LogP contribution in [0.15, 0.2) is 22.7 Å². The van der Waals surface area contributed by atoms with Crippen LogP contribution >= 0.6 is 0 Å². The molecule has 2 N–H and O–H groups in total. The van der Waals surface area contributed by atoms with Crippen molar-refractivity contribution in [1.29, 1.82) is 0 Å². The smallest absolute Gasteiger partial charge is 0.408 e. The van der Waals surface area contributed by atoms with E-state index < -0.39 is 20.0 Å². The number of hydrogen-bond donors (Lipinski definition) is 2. The number of imidazole rings is 1. The van der Waals surface area contributed by atoms with Gasteiger partial charge in [-0.05, 0) is 76.9 Å². The molecule has 0 fully saturated rings. The van der Waals surface area contributed by atoms with Gasteiger partial charge in [0, 0.05) is 12.2 Å². The number of H-pyrrole nitrogens is 1. The molecule has 0 aliphatic rings. The number of fused-ring (bicyclic) bond motifs is 1. The summed E-state index contributed by atoms with van der Waals surface area (Å²) in [6.07, 6.45) is 0.0918. The Kier molecular flexibility index (Phi) is 7.52. The molecular formula is C26H40N4O4Si. The first-order valence-corrected chi connectivity index (χ1v) is 15.0. The van der Waals surface area contributed by atoms with Crippen molar-refractivity contribution < 1.29 is 18.5 Å². The molecule has 2 heterocycles. The normalized spacial score (nSPS) is 13.8. The Labute approximate surface area is 209 Å². The number of carbonyl (C=O) groups is 1. The molecule has 1 aromatic carbocycles. The van der Waals surface area contributed by atoms with E-state index in [2.05, 4.69) is 49.3 Å². The minimum Gasteiger partial charge on any atom is -0.444 e. The highest BCUT2D eigenvalue weighted by Gasteiger charge is 2.37. The van der Waals surface area contributed by atoms with Gasteiger partial charge in [0.2, 0.25) is 0 Å². The number of ether oxygens (including phenoxy) is 1. The van der Waals surface area contributed by atoms with E-state index in [0.29, 0.717) is 18.9 Å². The molecule has 8 nitrogen and oxygen atoms in total. The minimum absolute atomic E-state index is 0.106. The van der Waals surface area contributed by atoms with Gasteiger partial charge in [-0.3, -0.25) is 0 Å². The summed E-state index contributed by atoms with van der Waals surface area (Å²) in [5.74, 6) is 1.44. The van der Waals surface area contributed by atoms with Crippen molar-refractivity contribution in [3.63, 3.8) is 0 Å². The third-order valence-corrected chi connectivity index (χ3v) is 11.1. The topological polar surface area (TPSA) is 102 Å². The third-order valence-electron chi connectivity index (χ3n) is 6.52. The van der Waals surface area contributed by atoms with Crippen molar-refractivity contribution in [3.8, 4) is 11.1 Å². The zero-order valence-electron chi connectivity index (χ0n) is 22.8. The van der Waals surface area contributed by atoms with E-state index in [-0.39, 0.29) is 11.1 Å². The average Bonchev–Trinajstić information content (AvgIpc) is 3.27. The third kappa shape index (κ3) is 6.52. The zero-order valence-corrected chi connectivity index (χ0v) is 23.8. The number of hydrogen-bond acceptors (Lipinski definition) is 6. The lowest BCUT2D eigenvalue weighted by atomic mass is 10.0. The van der Waals surface area contributed by atoms with E-state index in [0.717, 1.165) is 33.6 Å². The quantitative estimate of drug-likeness (QED) is 0.345. The van der Waals surface area contributed by atoms with Crippen LogP contribution in [-0.2, 0) is 9.16 Å². The first kappa shape index (κ1) is 26.9. The molecule has 1 atom stereocenters. The molecule has 0 saturated carbocycles.